The van der Waals surface area contributed by atoms with Gasteiger partial charge >= 0.3 is 12.1 Å². The van der Waals surface area contributed by atoms with E-state index in [0.717, 1.165) is 6.07 Å². The number of halogens is 5. The molecule has 0 aliphatic rings. The van der Waals surface area contributed by atoms with Crippen LogP contribution in [0.5, 0.6) is 0 Å². The van der Waals surface area contributed by atoms with Gasteiger partial charge in [-0.2, -0.15) is 13.2 Å². The van der Waals surface area contributed by atoms with Crippen LogP contribution in [0, 0.1) is 5.92 Å². The monoisotopic (exact) mass is 566 g/mol. The molecule has 2 atom stereocenters. The topological polar surface area (TPSA) is 84.5 Å². The first-order chi connectivity index (χ1) is 17.9. The van der Waals surface area contributed by atoms with Crippen LogP contribution in [0.4, 0.5) is 18.9 Å². The quantitative estimate of drug-likeness (QED) is 0.297. The molecule has 2 amide bonds. The molecule has 0 fully saturated rings. The van der Waals surface area contributed by atoms with Crippen LogP contribution in [0.2, 0.25) is 10.0 Å². The van der Waals surface area contributed by atoms with Gasteiger partial charge in [0.25, 0.3) is 11.8 Å². The number of nitrogens with one attached hydrogen (secondary N) is 2. The van der Waals surface area contributed by atoms with Crippen molar-refractivity contribution in [3.05, 3.63) is 99.5 Å². The molecule has 0 aromatic heterocycles. The van der Waals surface area contributed by atoms with Crippen molar-refractivity contribution in [2.45, 2.75) is 32.2 Å². The van der Waals surface area contributed by atoms with Gasteiger partial charge in [0.15, 0.2) is 0 Å². The number of hydrogen-bond acceptors (Lipinski definition) is 4. The second kappa shape index (κ2) is 12.3. The lowest BCUT2D eigenvalue weighted by Gasteiger charge is -2.25. The second-order valence-electron chi connectivity index (χ2n) is 8.58. The summed E-state index contributed by atoms with van der Waals surface area (Å²) in [6.07, 6.45) is -6.43. The second-order valence-corrected chi connectivity index (χ2v) is 9.42. The van der Waals surface area contributed by atoms with Gasteiger partial charge in [0.2, 0.25) is 6.10 Å². The van der Waals surface area contributed by atoms with Crippen molar-refractivity contribution in [2.24, 2.45) is 5.92 Å². The number of hydrogen-bond donors (Lipinski definition) is 2. The van der Waals surface area contributed by atoms with Crippen molar-refractivity contribution in [1.82, 2.24) is 5.32 Å². The molecule has 0 radical (unpaired) electrons. The van der Waals surface area contributed by atoms with Crippen molar-refractivity contribution >= 4 is 46.7 Å². The molecule has 3 aromatic rings. The minimum absolute atomic E-state index is 0.132. The lowest BCUT2D eigenvalue weighted by molar-refractivity contribution is -0.157. The van der Waals surface area contributed by atoms with Crippen molar-refractivity contribution in [1.29, 1.82) is 0 Å². The Morgan fingerprint density at radius 3 is 2.13 bits per heavy atom. The number of alkyl halides is 3. The van der Waals surface area contributed by atoms with Crippen LogP contribution in [0.3, 0.4) is 0 Å². The molecule has 3 aromatic carbocycles. The molecule has 3 rings (SSSR count). The van der Waals surface area contributed by atoms with E-state index in [4.69, 9.17) is 27.9 Å². The van der Waals surface area contributed by atoms with Crippen LogP contribution in [0.25, 0.3) is 0 Å². The normalized spacial score (nSPS) is 12.9. The maximum atomic E-state index is 13.6. The SMILES string of the molecule is CC(C)[C@H](NC(=O)c1ccccc1Cl)C(=O)O[C@@H](C(=O)Nc1ccc(Cl)cc1C(F)(F)F)c1ccccc1. The van der Waals surface area contributed by atoms with Crippen molar-refractivity contribution < 1.29 is 32.3 Å². The Bertz CT molecular complexity index is 1320. The first-order valence-corrected chi connectivity index (χ1v) is 12.1. The summed E-state index contributed by atoms with van der Waals surface area (Å²) < 4.78 is 46.2. The van der Waals surface area contributed by atoms with E-state index in [2.05, 4.69) is 10.6 Å². The molecular weight excluding hydrogens is 544 g/mol. The summed E-state index contributed by atoms with van der Waals surface area (Å²) in [6, 6.07) is 15.7. The summed E-state index contributed by atoms with van der Waals surface area (Å²) >= 11 is 11.8. The van der Waals surface area contributed by atoms with Gasteiger partial charge in [-0.05, 0) is 36.2 Å². The van der Waals surface area contributed by atoms with E-state index in [1.165, 1.54) is 30.3 Å². The summed E-state index contributed by atoms with van der Waals surface area (Å²) in [4.78, 5) is 39.2. The van der Waals surface area contributed by atoms with Gasteiger partial charge in [0, 0.05) is 10.6 Å². The number of carbonyl (C=O) groups is 3. The number of benzene rings is 3. The molecule has 11 heteroatoms. The molecule has 0 aliphatic carbocycles. The molecule has 0 bridgehead atoms. The number of anilines is 1. The lowest BCUT2D eigenvalue weighted by atomic mass is 10.0. The van der Waals surface area contributed by atoms with E-state index in [0.29, 0.717) is 6.07 Å². The third-order valence-electron chi connectivity index (χ3n) is 5.45. The number of carbonyl (C=O) groups excluding carboxylic acids is 3. The van der Waals surface area contributed by atoms with Crippen LogP contribution in [-0.2, 0) is 20.5 Å². The van der Waals surface area contributed by atoms with E-state index >= 15 is 0 Å². The van der Waals surface area contributed by atoms with Gasteiger partial charge in [0.05, 0.1) is 21.8 Å². The Morgan fingerprint density at radius 1 is 0.895 bits per heavy atom. The average molecular weight is 567 g/mol. The summed E-state index contributed by atoms with van der Waals surface area (Å²) in [5, 5.41) is 4.75. The highest BCUT2D eigenvalue weighted by Gasteiger charge is 2.36. The van der Waals surface area contributed by atoms with Gasteiger partial charge in [0.1, 0.15) is 6.04 Å². The zero-order valence-corrected chi connectivity index (χ0v) is 21.7. The van der Waals surface area contributed by atoms with Crippen LogP contribution in [0.1, 0.15) is 41.4 Å². The fourth-order valence-electron chi connectivity index (χ4n) is 3.51. The average Bonchev–Trinajstić information content (AvgIpc) is 2.86. The van der Waals surface area contributed by atoms with Gasteiger partial charge in [-0.15, -0.1) is 0 Å². The molecule has 0 aliphatic heterocycles. The maximum Gasteiger partial charge on any atom is 0.418 e. The van der Waals surface area contributed by atoms with E-state index < -0.39 is 53.3 Å². The Morgan fingerprint density at radius 2 is 1.53 bits per heavy atom. The van der Waals surface area contributed by atoms with Crippen molar-refractivity contribution in [2.75, 3.05) is 5.32 Å². The van der Waals surface area contributed by atoms with Gasteiger partial charge in [-0.3, -0.25) is 9.59 Å². The van der Waals surface area contributed by atoms with Crippen LogP contribution in [0.15, 0.2) is 72.8 Å². The molecule has 0 saturated carbocycles. The smallest absolute Gasteiger partial charge is 0.418 e. The maximum absolute atomic E-state index is 13.6. The molecule has 0 heterocycles. The summed E-state index contributed by atoms with van der Waals surface area (Å²) in [7, 11) is 0. The molecular formula is C27H23Cl2F3N2O4. The zero-order chi connectivity index (χ0) is 28.0. The molecule has 0 saturated heterocycles. The van der Waals surface area contributed by atoms with E-state index in [9.17, 15) is 27.6 Å². The van der Waals surface area contributed by atoms with Gasteiger partial charge < -0.3 is 15.4 Å². The van der Waals surface area contributed by atoms with Crippen LogP contribution in [-0.4, -0.2) is 23.8 Å². The minimum Gasteiger partial charge on any atom is -0.446 e. The predicted octanol–water partition coefficient (Wildman–Crippen LogP) is 6.69. The summed E-state index contributed by atoms with van der Waals surface area (Å²) in [6.45, 7) is 3.31. The molecule has 0 unspecified atom stereocenters. The van der Waals surface area contributed by atoms with E-state index in [-0.39, 0.29) is 21.2 Å². The van der Waals surface area contributed by atoms with Gasteiger partial charge in [-0.25, -0.2) is 4.79 Å². The minimum atomic E-state index is -4.81. The summed E-state index contributed by atoms with van der Waals surface area (Å²) in [5.41, 5.74) is -1.38. The summed E-state index contributed by atoms with van der Waals surface area (Å²) in [5.74, 6) is -3.10. The predicted molar refractivity (Wildman–Crippen MR) is 138 cm³/mol. The van der Waals surface area contributed by atoms with Crippen LogP contribution < -0.4 is 10.6 Å². The Labute approximate surface area is 227 Å². The first kappa shape index (κ1) is 29.0. The standard InChI is InChI=1S/C27H23Cl2F3N2O4/c1-15(2)22(34-24(35)18-10-6-7-11-20(18)29)26(37)38-23(16-8-4-3-5-9-16)25(36)33-21-13-12-17(28)14-19(21)27(30,31)32/h3-15,22-23H,1-2H3,(H,33,36)(H,34,35)/t22-,23+/m0/s1. The molecule has 6 nitrogen and oxygen atoms in total. The molecule has 200 valence electrons. The lowest BCUT2D eigenvalue weighted by Crippen LogP contribution is -2.46. The highest BCUT2D eigenvalue weighted by molar-refractivity contribution is 6.33. The van der Waals surface area contributed by atoms with E-state index in [1.807, 2.05) is 0 Å². The molecule has 38 heavy (non-hydrogen) atoms. The largest absolute Gasteiger partial charge is 0.446 e. The molecule has 2 N–H and O–H groups in total. The third-order valence-corrected chi connectivity index (χ3v) is 6.01. The fourth-order valence-corrected chi connectivity index (χ4v) is 3.90. The number of amides is 2. The van der Waals surface area contributed by atoms with Crippen molar-refractivity contribution in [3.8, 4) is 0 Å². The number of ether oxygens (including phenoxy) is 1. The highest BCUT2D eigenvalue weighted by Crippen LogP contribution is 2.37. The Balaban J connectivity index is 1.89. The third kappa shape index (κ3) is 7.26. The zero-order valence-electron chi connectivity index (χ0n) is 20.2. The first-order valence-electron chi connectivity index (χ1n) is 11.4. The number of rotatable bonds is 8. The van der Waals surface area contributed by atoms with Crippen LogP contribution >= 0.6 is 23.2 Å². The fraction of sp³-hybridized carbons (Fsp3) is 0.222. The Hall–Kier alpha value is -3.56. The highest BCUT2D eigenvalue weighted by atomic mass is 35.5. The number of esters is 1. The molecule has 0 spiro atoms. The van der Waals surface area contributed by atoms with Crippen molar-refractivity contribution in [3.63, 3.8) is 0 Å². The van der Waals surface area contributed by atoms with Gasteiger partial charge in [-0.1, -0.05) is 79.5 Å². The Kier molecular flexibility index (Phi) is 9.40. The van der Waals surface area contributed by atoms with E-state index in [1.54, 1.807) is 44.2 Å².